The molecule has 0 aliphatic rings. The van der Waals surface area contributed by atoms with Crippen molar-refractivity contribution in [3.05, 3.63) is 29.5 Å². The molecule has 0 bridgehead atoms. The van der Waals surface area contributed by atoms with Gasteiger partial charge in [-0.25, -0.2) is 15.0 Å². The van der Waals surface area contributed by atoms with E-state index in [-0.39, 0.29) is 5.91 Å². The molecule has 0 aliphatic carbocycles. The van der Waals surface area contributed by atoms with Crippen LogP contribution in [0.3, 0.4) is 0 Å². The SMILES string of the molecule is CCOc1cc2ncnc(Nc3ncc(CC(=O)N(C)C)s3)c2cc1OC. The van der Waals surface area contributed by atoms with Crippen LogP contribution in [0, 0.1) is 0 Å². The number of anilines is 2. The van der Waals surface area contributed by atoms with Crippen molar-refractivity contribution >= 4 is 39.1 Å². The summed E-state index contributed by atoms with van der Waals surface area (Å²) in [6.45, 7) is 2.45. The number of fused-ring (bicyclic) bond motifs is 1. The minimum absolute atomic E-state index is 0.0332. The number of hydrogen-bond acceptors (Lipinski definition) is 8. The molecule has 3 aromatic rings. The van der Waals surface area contributed by atoms with Gasteiger partial charge in [-0.1, -0.05) is 0 Å². The van der Waals surface area contributed by atoms with Crippen molar-refractivity contribution < 1.29 is 14.3 Å². The van der Waals surface area contributed by atoms with Crippen molar-refractivity contribution in [3.8, 4) is 11.5 Å². The Hall–Kier alpha value is -2.94. The molecule has 2 heterocycles. The third kappa shape index (κ3) is 4.25. The third-order valence-corrected chi connectivity index (χ3v) is 4.74. The molecule has 0 fully saturated rings. The zero-order valence-electron chi connectivity index (χ0n) is 15.6. The molecule has 0 saturated carbocycles. The van der Waals surface area contributed by atoms with Crippen LogP contribution in [-0.2, 0) is 11.2 Å². The maximum absolute atomic E-state index is 11.8. The average molecular weight is 387 g/mol. The van der Waals surface area contributed by atoms with E-state index in [0.717, 1.165) is 15.8 Å². The standard InChI is InChI=1S/C18H21N5O3S/c1-5-26-15-8-13-12(7-14(15)25-4)17(21-10-20-13)22-18-19-9-11(27-18)6-16(24)23(2)3/h7-10H,5-6H2,1-4H3,(H,19,20,21,22). The maximum Gasteiger partial charge on any atom is 0.227 e. The quantitative estimate of drug-likeness (QED) is 0.667. The van der Waals surface area contributed by atoms with Gasteiger partial charge in [-0.05, 0) is 13.0 Å². The van der Waals surface area contributed by atoms with Crippen LogP contribution >= 0.6 is 11.3 Å². The topological polar surface area (TPSA) is 89.5 Å². The molecule has 1 aromatic carbocycles. The molecule has 142 valence electrons. The number of hydrogen-bond donors (Lipinski definition) is 1. The molecule has 0 aliphatic heterocycles. The molecule has 2 aromatic heterocycles. The lowest BCUT2D eigenvalue weighted by Crippen LogP contribution is -2.23. The number of nitrogens with zero attached hydrogens (tertiary/aromatic N) is 4. The fourth-order valence-electron chi connectivity index (χ4n) is 2.45. The zero-order chi connectivity index (χ0) is 19.4. The van der Waals surface area contributed by atoms with Crippen LogP contribution in [0.1, 0.15) is 11.8 Å². The van der Waals surface area contributed by atoms with Gasteiger partial charge in [0.15, 0.2) is 16.6 Å². The summed E-state index contributed by atoms with van der Waals surface area (Å²) >= 11 is 1.42. The largest absolute Gasteiger partial charge is 0.493 e. The van der Waals surface area contributed by atoms with E-state index in [4.69, 9.17) is 9.47 Å². The molecule has 9 heteroatoms. The second kappa shape index (κ2) is 8.17. The van der Waals surface area contributed by atoms with Crippen molar-refractivity contribution in [2.45, 2.75) is 13.3 Å². The monoisotopic (exact) mass is 387 g/mol. The van der Waals surface area contributed by atoms with Crippen molar-refractivity contribution in [1.29, 1.82) is 0 Å². The Labute approximate surface area is 161 Å². The summed E-state index contributed by atoms with van der Waals surface area (Å²) in [7, 11) is 5.06. The lowest BCUT2D eigenvalue weighted by Gasteiger charge is -2.12. The van der Waals surface area contributed by atoms with Gasteiger partial charge in [0, 0.05) is 36.6 Å². The second-order valence-electron chi connectivity index (χ2n) is 5.90. The first-order chi connectivity index (χ1) is 13.0. The van der Waals surface area contributed by atoms with Gasteiger partial charge >= 0.3 is 0 Å². The van der Waals surface area contributed by atoms with Gasteiger partial charge < -0.3 is 19.7 Å². The van der Waals surface area contributed by atoms with E-state index in [2.05, 4.69) is 20.3 Å². The van der Waals surface area contributed by atoms with Crippen LogP contribution in [0.25, 0.3) is 10.9 Å². The van der Waals surface area contributed by atoms with Crippen LogP contribution in [0.4, 0.5) is 10.9 Å². The molecule has 1 N–H and O–H groups in total. The van der Waals surface area contributed by atoms with E-state index < -0.39 is 0 Å². The summed E-state index contributed by atoms with van der Waals surface area (Å²) in [5.74, 6) is 1.89. The lowest BCUT2D eigenvalue weighted by atomic mass is 10.2. The number of likely N-dealkylation sites (N-methyl/N-ethyl adjacent to an activating group) is 1. The number of benzene rings is 1. The fraction of sp³-hybridized carbons (Fsp3) is 0.333. The van der Waals surface area contributed by atoms with Gasteiger partial charge in [-0.3, -0.25) is 4.79 Å². The van der Waals surface area contributed by atoms with Crippen LogP contribution in [0.2, 0.25) is 0 Å². The summed E-state index contributed by atoms with van der Waals surface area (Å²) in [5.41, 5.74) is 0.733. The number of carbonyl (C=O) groups is 1. The highest BCUT2D eigenvalue weighted by Crippen LogP contribution is 2.35. The third-order valence-electron chi connectivity index (χ3n) is 3.82. The lowest BCUT2D eigenvalue weighted by molar-refractivity contribution is -0.127. The van der Waals surface area contributed by atoms with Gasteiger partial charge in [0.25, 0.3) is 0 Å². The minimum Gasteiger partial charge on any atom is -0.493 e. The first-order valence-electron chi connectivity index (χ1n) is 8.39. The highest BCUT2D eigenvalue weighted by Gasteiger charge is 2.14. The Morgan fingerprint density at radius 2 is 2.04 bits per heavy atom. The van der Waals surface area contributed by atoms with Crippen LogP contribution in [0.15, 0.2) is 24.7 Å². The number of rotatable bonds is 7. The van der Waals surface area contributed by atoms with E-state index in [1.54, 1.807) is 32.3 Å². The number of nitrogens with one attached hydrogen (secondary N) is 1. The molecule has 8 nitrogen and oxygen atoms in total. The van der Waals surface area contributed by atoms with E-state index >= 15 is 0 Å². The van der Waals surface area contributed by atoms with Gasteiger partial charge in [0.2, 0.25) is 5.91 Å². The Bertz CT molecular complexity index is 957. The van der Waals surface area contributed by atoms with E-state index in [0.29, 0.717) is 35.5 Å². The molecule has 27 heavy (non-hydrogen) atoms. The Balaban J connectivity index is 1.89. The first kappa shape index (κ1) is 18.8. The highest BCUT2D eigenvalue weighted by molar-refractivity contribution is 7.15. The zero-order valence-corrected chi connectivity index (χ0v) is 16.5. The normalized spacial score (nSPS) is 10.7. The first-order valence-corrected chi connectivity index (χ1v) is 9.21. The number of methoxy groups -OCH3 is 1. The molecule has 0 unspecified atom stereocenters. The van der Waals surface area contributed by atoms with Gasteiger partial charge in [-0.15, -0.1) is 11.3 Å². The smallest absolute Gasteiger partial charge is 0.227 e. The number of carbonyl (C=O) groups excluding carboxylic acids is 1. The molecule has 0 saturated heterocycles. The summed E-state index contributed by atoms with van der Waals surface area (Å²) in [5, 5.41) is 4.66. The number of thiazole rings is 1. The van der Waals surface area contributed by atoms with E-state index in [1.165, 1.54) is 17.7 Å². The summed E-state index contributed by atoms with van der Waals surface area (Å²) < 4.78 is 11.0. The van der Waals surface area contributed by atoms with Crippen LogP contribution in [-0.4, -0.2) is 53.6 Å². The van der Waals surface area contributed by atoms with E-state index in [9.17, 15) is 4.79 Å². The van der Waals surface area contributed by atoms with Crippen LogP contribution < -0.4 is 14.8 Å². The maximum atomic E-state index is 11.8. The Morgan fingerprint density at radius 3 is 2.74 bits per heavy atom. The van der Waals surface area contributed by atoms with Crippen LogP contribution in [0.5, 0.6) is 11.5 Å². The van der Waals surface area contributed by atoms with Gasteiger partial charge in [0.05, 0.1) is 25.7 Å². The Morgan fingerprint density at radius 1 is 1.22 bits per heavy atom. The minimum atomic E-state index is 0.0332. The predicted molar refractivity (Wildman–Crippen MR) is 105 cm³/mol. The molecule has 3 rings (SSSR count). The number of amides is 1. The van der Waals surface area contributed by atoms with Crippen molar-refractivity contribution in [2.75, 3.05) is 33.1 Å². The molecule has 0 radical (unpaired) electrons. The molecule has 1 amide bonds. The molecule has 0 atom stereocenters. The van der Waals surface area contributed by atoms with E-state index in [1.807, 2.05) is 19.1 Å². The Kier molecular flexibility index (Phi) is 5.70. The van der Waals surface area contributed by atoms with Crippen molar-refractivity contribution in [2.24, 2.45) is 0 Å². The molecular formula is C18H21N5O3S. The fourth-order valence-corrected chi connectivity index (χ4v) is 3.25. The number of aromatic nitrogens is 3. The molecular weight excluding hydrogens is 366 g/mol. The summed E-state index contributed by atoms with van der Waals surface area (Å²) in [6.07, 6.45) is 3.50. The second-order valence-corrected chi connectivity index (χ2v) is 7.01. The predicted octanol–water partition coefficient (Wildman–Crippen LogP) is 2.87. The van der Waals surface area contributed by atoms with Gasteiger partial charge in [-0.2, -0.15) is 0 Å². The average Bonchev–Trinajstić information content (AvgIpc) is 3.08. The number of ether oxygens (including phenoxy) is 2. The van der Waals surface area contributed by atoms with Gasteiger partial charge in [0.1, 0.15) is 12.1 Å². The summed E-state index contributed by atoms with van der Waals surface area (Å²) in [4.78, 5) is 27.3. The summed E-state index contributed by atoms with van der Waals surface area (Å²) in [6, 6.07) is 3.67. The molecule has 0 spiro atoms. The van der Waals surface area contributed by atoms with Crippen molar-refractivity contribution in [1.82, 2.24) is 19.9 Å². The highest BCUT2D eigenvalue weighted by atomic mass is 32.1. The van der Waals surface area contributed by atoms with Crippen molar-refractivity contribution in [3.63, 3.8) is 0 Å².